The van der Waals surface area contributed by atoms with Crippen molar-refractivity contribution in [1.29, 1.82) is 0 Å². The number of amides is 2. The van der Waals surface area contributed by atoms with E-state index in [-0.39, 0.29) is 16.9 Å². The Bertz CT molecular complexity index is 510. The normalized spacial score (nSPS) is 10.8. The Kier molecular flexibility index (Phi) is 5.39. The van der Waals surface area contributed by atoms with Gasteiger partial charge in [-0.15, -0.1) is 0 Å². The van der Waals surface area contributed by atoms with Gasteiger partial charge in [-0.05, 0) is 23.6 Å². The monoisotopic (exact) mass is 298 g/mol. The summed E-state index contributed by atoms with van der Waals surface area (Å²) in [5.41, 5.74) is 4.83. The number of rotatable bonds is 3. The lowest BCUT2D eigenvalue weighted by Crippen LogP contribution is -2.42. The lowest BCUT2D eigenvalue weighted by atomic mass is 9.92. The molecule has 20 heavy (non-hydrogen) atoms. The van der Waals surface area contributed by atoms with Crippen molar-refractivity contribution >= 4 is 23.4 Å². The van der Waals surface area contributed by atoms with Crippen LogP contribution in [0.1, 0.15) is 37.6 Å². The van der Waals surface area contributed by atoms with Crippen LogP contribution in [0, 0.1) is 5.41 Å². The van der Waals surface area contributed by atoms with Crippen molar-refractivity contribution in [3.63, 3.8) is 0 Å². The Morgan fingerprint density at radius 2 is 1.90 bits per heavy atom. The molecule has 1 aromatic rings. The summed E-state index contributed by atoms with van der Waals surface area (Å²) in [6, 6.07) is 4.69. The summed E-state index contributed by atoms with van der Waals surface area (Å²) in [5.74, 6) is -0.351. The molecule has 0 aromatic heterocycles. The number of hydrogen-bond donors (Lipinski definition) is 2. The predicted molar refractivity (Wildman–Crippen MR) is 77.7 cm³/mol. The molecule has 0 aliphatic carbocycles. The van der Waals surface area contributed by atoms with Gasteiger partial charge in [0.15, 0.2) is 0 Å². The van der Waals surface area contributed by atoms with Gasteiger partial charge >= 0.3 is 0 Å². The van der Waals surface area contributed by atoms with Gasteiger partial charge < -0.3 is 4.74 Å². The van der Waals surface area contributed by atoms with Gasteiger partial charge in [0.25, 0.3) is 5.91 Å². The number of hydrogen-bond acceptors (Lipinski definition) is 3. The number of hydrazine groups is 1. The van der Waals surface area contributed by atoms with E-state index >= 15 is 0 Å². The highest BCUT2D eigenvalue weighted by Gasteiger charge is 2.17. The van der Waals surface area contributed by atoms with Crippen molar-refractivity contribution in [2.24, 2.45) is 5.41 Å². The van der Waals surface area contributed by atoms with E-state index in [1.54, 1.807) is 12.1 Å². The third-order valence-corrected chi connectivity index (χ3v) is 2.65. The van der Waals surface area contributed by atoms with Crippen LogP contribution in [0.3, 0.4) is 0 Å². The highest BCUT2D eigenvalue weighted by molar-refractivity contribution is 6.31. The minimum absolute atomic E-state index is 0.150. The van der Waals surface area contributed by atoms with E-state index in [1.807, 2.05) is 20.8 Å². The first-order valence-electron chi connectivity index (χ1n) is 6.15. The van der Waals surface area contributed by atoms with E-state index in [4.69, 9.17) is 16.3 Å². The summed E-state index contributed by atoms with van der Waals surface area (Å²) in [6.07, 6.45) is 0.306. The fourth-order valence-corrected chi connectivity index (χ4v) is 1.75. The number of carbonyl (C=O) groups is 2. The Morgan fingerprint density at radius 1 is 1.25 bits per heavy atom. The van der Waals surface area contributed by atoms with Gasteiger partial charge in [-0.2, -0.15) is 0 Å². The maximum Gasteiger partial charge on any atom is 0.273 e. The zero-order valence-corrected chi connectivity index (χ0v) is 12.8. The van der Waals surface area contributed by atoms with Gasteiger partial charge in [0.1, 0.15) is 5.75 Å². The number of methoxy groups -OCH3 is 1. The molecule has 0 bridgehead atoms. The summed E-state index contributed by atoms with van der Waals surface area (Å²) >= 11 is 5.84. The zero-order chi connectivity index (χ0) is 15.3. The lowest BCUT2D eigenvalue weighted by molar-refractivity contribution is -0.123. The van der Waals surface area contributed by atoms with Crippen LogP contribution in [-0.2, 0) is 4.79 Å². The molecule has 110 valence electrons. The van der Waals surface area contributed by atoms with Gasteiger partial charge in [0, 0.05) is 11.4 Å². The fourth-order valence-electron chi connectivity index (χ4n) is 1.58. The molecular formula is C14H19ClN2O3. The number of nitrogens with one attached hydrogen (secondary N) is 2. The Hall–Kier alpha value is -1.75. The van der Waals surface area contributed by atoms with Gasteiger partial charge in [0.05, 0.1) is 12.7 Å². The molecule has 1 rings (SSSR count). The number of ether oxygens (including phenoxy) is 1. The minimum Gasteiger partial charge on any atom is -0.496 e. The van der Waals surface area contributed by atoms with E-state index in [1.165, 1.54) is 13.2 Å². The average Bonchev–Trinajstić information content (AvgIpc) is 2.33. The minimum atomic E-state index is -0.480. The molecule has 2 amide bonds. The largest absolute Gasteiger partial charge is 0.496 e. The molecule has 2 N–H and O–H groups in total. The molecule has 0 atom stereocenters. The van der Waals surface area contributed by atoms with E-state index in [2.05, 4.69) is 10.9 Å². The van der Waals surface area contributed by atoms with Crippen LogP contribution in [0.4, 0.5) is 0 Å². The molecule has 6 heteroatoms. The van der Waals surface area contributed by atoms with E-state index in [9.17, 15) is 9.59 Å². The molecule has 0 saturated carbocycles. The van der Waals surface area contributed by atoms with Crippen LogP contribution in [0.25, 0.3) is 0 Å². The van der Waals surface area contributed by atoms with E-state index in [0.29, 0.717) is 17.2 Å². The van der Waals surface area contributed by atoms with Crippen molar-refractivity contribution < 1.29 is 14.3 Å². The predicted octanol–water partition coefficient (Wildman–Crippen LogP) is 2.55. The second-order valence-electron chi connectivity index (χ2n) is 5.58. The maximum absolute atomic E-state index is 12.0. The average molecular weight is 299 g/mol. The van der Waals surface area contributed by atoms with Gasteiger partial charge in [-0.1, -0.05) is 32.4 Å². The second-order valence-corrected chi connectivity index (χ2v) is 6.02. The van der Waals surface area contributed by atoms with Crippen LogP contribution in [0.5, 0.6) is 5.75 Å². The van der Waals surface area contributed by atoms with Crippen LogP contribution < -0.4 is 15.6 Å². The smallest absolute Gasteiger partial charge is 0.273 e. The lowest BCUT2D eigenvalue weighted by Gasteiger charge is -2.17. The van der Waals surface area contributed by atoms with Gasteiger partial charge in [-0.3, -0.25) is 20.4 Å². The van der Waals surface area contributed by atoms with Crippen molar-refractivity contribution in [1.82, 2.24) is 10.9 Å². The fraction of sp³-hybridized carbons (Fsp3) is 0.429. The molecule has 1 aromatic carbocycles. The molecule has 0 heterocycles. The van der Waals surface area contributed by atoms with Crippen LogP contribution in [-0.4, -0.2) is 18.9 Å². The van der Waals surface area contributed by atoms with Gasteiger partial charge in [0.2, 0.25) is 5.91 Å². The number of halogens is 1. The summed E-state index contributed by atoms with van der Waals surface area (Å²) in [7, 11) is 1.46. The van der Waals surface area contributed by atoms with Crippen LogP contribution >= 0.6 is 11.6 Å². The SMILES string of the molecule is COc1ccc(Cl)cc1C(=O)NNC(=O)CC(C)(C)C. The third-order valence-electron chi connectivity index (χ3n) is 2.41. The number of carbonyl (C=O) groups excluding carboxylic acids is 2. The first kappa shape index (κ1) is 16.3. The second kappa shape index (κ2) is 6.61. The molecule has 0 aliphatic heterocycles. The Balaban J connectivity index is 2.68. The zero-order valence-electron chi connectivity index (χ0n) is 12.0. The standard InChI is InChI=1S/C14H19ClN2O3/c1-14(2,3)8-12(18)16-17-13(19)10-7-9(15)5-6-11(10)20-4/h5-7H,8H2,1-4H3,(H,16,18)(H,17,19). The summed E-state index contributed by atoms with van der Waals surface area (Å²) in [6.45, 7) is 5.82. The summed E-state index contributed by atoms with van der Waals surface area (Å²) in [5, 5.41) is 0.414. The highest BCUT2D eigenvalue weighted by Crippen LogP contribution is 2.22. The molecule has 0 spiro atoms. The highest BCUT2D eigenvalue weighted by atomic mass is 35.5. The number of benzene rings is 1. The van der Waals surface area contributed by atoms with Crippen molar-refractivity contribution in [3.8, 4) is 5.75 Å². The van der Waals surface area contributed by atoms with Crippen LogP contribution in [0.15, 0.2) is 18.2 Å². The van der Waals surface area contributed by atoms with Crippen molar-refractivity contribution in [3.05, 3.63) is 28.8 Å². The first-order chi connectivity index (χ1) is 9.23. The first-order valence-corrected chi connectivity index (χ1v) is 6.53. The topological polar surface area (TPSA) is 67.4 Å². The molecule has 0 fully saturated rings. The Morgan fingerprint density at radius 3 is 2.45 bits per heavy atom. The molecule has 0 aliphatic rings. The van der Waals surface area contributed by atoms with E-state index in [0.717, 1.165) is 0 Å². The van der Waals surface area contributed by atoms with Crippen molar-refractivity contribution in [2.45, 2.75) is 27.2 Å². The van der Waals surface area contributed by atoms with Crippen LogP contribution in [0.2, 0.25) is 5.02 Å². The molecule has 0 unspecified atom stereocenters. The maximum atomic E-state index is 12.0. The molecule has 5 nitrogen and oxygen atoms in total. The molecular weight excluding hydrogens is 280 g/mol. The Labute approximate surface area is 123 Å². The quantitative estimate of drug-likeness (QED) is 0.843. The van der Waals surface area contributed by atoms with E-state index < -0.39 is 5.91 Å². The van der Waals surface area contributed by atoms with Gasteiger partial charge in [-0.25, -0.2) is 0 Å². The summed E-state index contributed by atoms with van der Waals surface area (Å²) in [4.78, 5) is 23.6. The third kappa shape index (κ3) is 5.09. The summed E-state index contributed by atoms with van der Waals surface area (Å²) < 4.78 is 5.08. The molecule has 0 saturated heterocycles. The molecule has 0 radical (unpaired) electrons. The van der Waals surface area contributed by atoms with Crippen molar-refractivity contribution in [2.75, 3.05) is 7.11 Å².